The molecule has 0 aliphatic rings. The summed E-state index contributed by atoms with van der Waals surface area (Å²) in [5, 5.41) is 13.8. The fourth-order valence-corrected chi connectivity index (χ4v) is 2.74. The quantitative estimate of drug-likeness (QED) is 0.737. The molecule has 20 heavy (non-hydrogen) atoms. The van der Waals surface area contributed by atoms with E-state index in [1.165, 1.54) is 6.07 Å². The summed E-state index contributed by atoms with van der Waals surface area (Å²) in [5.74, 6) is 0. The Bertz CT molecular complexity index is 712. The van der Waals surface area contributed by atoms with Gasteiger partial charge in [-0.05, 0) is 18.6 Å². The smallest absolute Gasteiger partial charge is 0.295 e. The van der Waals surface area contributed by atoms with Crippen LogP contribution in [0.3, 0.4) is 0 Å². The second kappa shape index (κ2) is 5.78. The lowest BCUT2D eigenvalue weighted by Crippen LogP contribution is -2.18. The molecule has 2 rings (SSSR count). The molecule has 0 aliphatic heterocycles. The van der Waals surface area contributed by atoms with E-state index in [4.69, 9.17) is 0 Å². The third-order valence-corrected chi connectivity index (χ3v) is 4.07. The topological polar surface area (TPSA) is 86.6 Å². The number of hydrogen-bond acceptors (Lipinski definition) is 4. The van der Waals surface area contributed by atoms with Gasteiger partial charge in [-0.3, -0.25) is 4.55 Å². The summed E-state index contributed by atoms with van der Waals surface area (Å²) in [7, 11) is -4.26. The summed E-state index contributed by atoms with van der Waals surface area (Å²) in [5.41, 5.74) is 0.723. The lowest BCUT2D eigenvalue weighted by atomic mass is 10.1. The lowest BCUT2D eigenvalue weighted by Gasteiger charge is -2.13. The van der Waals surface area contributed by atoms with Crippen molar-refractivity contribution in [1.29, 1.82) is 0 Å². The van der Waals surface area contributed by atoms with E-state index in [0.717, 1.165) is 5.69 Å². The second-order valence-corrected chi connectivity index (χ2v) is 5.96. The Kier molecular flexibility index (Phi) is 4.27. The Morgan fingerprint density at radius 3 is 2.45 bits per heavy atom. The highest BCUT2D eigenvalue weighted by Crippen LogP contribution is 2.28. The Morgan fingerprint density at radius 2 is 1.80 bits per heavy atom. The van der Waals surface area contributed by atoms with Crippen LogP contribution < -0.4 is 5.32 Å². The first-order valence-corrected chi connectivity index (χ1v) is 7.78. The number of rotatable bonds is 5. The average molecular weight is 295 g/mol. The molecule has 0 heterocycles. The molecule has 6 heteroatoms. The maximum atomic E-state index is 11.4. The predicted octanol–water partition coefficient (Wildman–Crippen LogP) is 2.27. The molecular weight excluding hydrogens is 278 g/mol. The van der Waals surface area contributed by atoms with Gasteiger partial charge in [-0.2, -0.15) is 8.42 Å². The fourth-order valence-electron chi connectivity index (χ4n) is 2.03. The number of aliphatic hydroxyl groups excluding tert-OH is 1. The van der Waals surface area contributed by atoms with E-state index in [9.17, 15) is 18.1 Å². The maximum absolute atomic E-state index is 11.4. The molecule has 5 nitrogen and oxygen atoms in total. The molecule has 0 spiro atoms. The molecule has 2 aromatic carbocycles. The Hall–Kier alpha value is -1.63. The minimum Gasteiger partial charge on any atom is -0.391 e. The highest BCUT2D eigenvalue weighted by atomic mass is 32.2. The molecule has 108 valence electrons. The summed E-state index contributed by atoms with van der Waals surface area (Å²) < 4.78 is 32.0. The van der Waals surface area contributed by atoms with Crippen LogP contribution in [0.15, 0.2) is 41.3 Å². The standard InChI is InChI=1S/C14H17NO4S/c1-2-10(16)9-15-13-7-3-6-12-11(13)5-4-8-14(12)20(17,18)19/h3-8,10,15-16H,2,9H2,1H3,(H,17,18,19). The van der Waals surface area contributed by atoms with E-state index < -0.39 is 16.2 Å². The van der Waals surface area contributed by atoms with Crippen LogP contribution in [0.1, 0.15) is 13.3 Å². The van der Waals surface area contributed by atoms with Gasteiger partial charge in [0, 0.05) is 23.0 Å². The van der Waals surface area contributed by atoms with Gasteiger partial charge < -0.3 is 10.4 Å². The summed E-state index contributed by atoms with van der Waals surface area (Å²) in [6.07, 6.45) is 0.170. The van der Waals surface area contributed by atoms with Gasteiger partial charge >= 0.3 is 0 Å². The van der Waals surface area contributed by atoms with Crippen molar-refractivity contribution in [2.45, 2.75) is 24.3 Å². The van der Waals surface area contributed by atoms with Crippen molar-refractivity contribution in [2.24, 2.45) is 0 Å². The van der Waals surface area contributed by atoms with Gasteiger partial charge in [0.1, 0.15) is 4.90 Å². The zero-order valence-corrected chi connectivity index (χ0v) is 11.9. The van der Waals surface area contributed by atoms with E-state index in [2.05, 4.69) is 5.32 Å². The number of aliphatic hydroxyl groups is 1. The summed E-state index contributed by atoms with van der Waals surface area (Å²) in [4.78, 5) is -0.116. The van der Waals surface area contributed by atoms with Gasteiger partial charge in [-0.15, -0.1) is 0 Å². The van der Waals surface area contributed by atoms with Crippen LogP contribution in [0.5, 0.6) is 0 Å². The largest absolute Gasteiger partial charge is 0.391 e. The molecule has 0 amide bonds. The van der Waals surface area contributed by atoms with Crippen molar-refractivity contribution in [3.63, 3.8) is 0 Å². The van der Waals surface area contributed by atoms with Gasteiger partial charge in [0.15, 0.2) is 0 Å². The van der Waals surface area contributed by atoms with E-state index >= 15 is 0 Å². The summed E-state index contributed by atoms with van der Waals surface area (Å²) >= 11 is 0. The highest BCUT2D eigenvalue weighted by molar-refractivity contribution is 7.86. The summed E-state index contributed by atoms with van der Waals surface area (Å²) in [6, 6.07) is 9.86. The highest BCUT2D eigenvalue weighted by Gasteiger charge is 2.14. The Labute approximate surface area is 118 Å². The molecular formula is C14H17NO4S. The molecule has 0 saturated carbocycles. The van der Waals surface area contributed by atoms with Gasteiger partial charge in [0.05, 0.1) is 6.10 Å². The number of fused-ring (bicyclic) bond motifs is 1. The first kappa shape index (κ1) is 14.8. The predicted molar refractivity (Wildman–Crippen MR) is 78.6 cm³/mol. The molecule has 2 aromatic rings. The van der Waals surface area contributed by atoms with Crippen LogP contribution in [-0.4, -0.2) is 30.7 Å². The molecule has 0 saturated heterocycles. The Morgan fingerprint density at radius 1 is 1.15 bits per heavy atom. The van der Waals surface area contributed by atoms with Crippen molar-refractivity contribution in [2.75, 3.05) is 11.9 Å². The molecule has 0 fully saturated rings. The SMILES string of the molecule is CCC(O)CNc1cccc2c(S(=O)(=O)O)cccc12. The van der Waals surface area contributed by atoms with Crippen molar-refractivity contribution in [3.05, 3.63) is 36.4 Å². The average Bonchev–Trinajstić information content (AvgIpc) is 2.42. The maximum Gasteiger partial charge on any atom is 0.295 e. The van der Waals surface area contributed by atoms with Gasteiger partial charge in [0.25, 0.3) is 10.1 Å². The first-order chi connectivity index (χ1) is 9.43. The first-order valence-electron chi connectivity index (χ1n) is 6.34. The lowest BCUT2D eigenvalue weighted by molar-refractivity contribution is 0.183. The number of anilines is 1. The number of hydrogen-bond donors (Lipinski definition) is 3. The third-order valence-electron chi connectivity index (χ3n) is 3.16. The van der Waals surface area contributed by atoms with Crippen LogP contribution in [0.4, 0.5) is 5.69 Å². The van der Waals surface area contributed by atoms with Crippen LogP contribution >= 0.6 is 0 Å². The van der Waals surface area contributed by atoms with E-state index in [1.54, 1.807) is 30.3 Å². The molecule has 0 bridgehead atoms. The van der Waals surface area contributed by atoms with Crippen LogP contribution in [-0.2, 0) is 10.1 Å². The molecule has 0 radical (unpaired) electrons. The van der Waals surface area contributed by atoms with Crippen LogP contribution in [0.25, 0.3) is 10.8 Å². The summed E-state index contributed by atoms with van der Waals surface area (Å²) in [6.45, 7) is 2.26. The van der Waals surface area contributed by atoms with Crippen LogP contribution in [0.2, 0.25) is 0 Å². The van der Waals surface area contributed by atoms with Crippen LogP contribution in [0, 0.1) is 0 Å². The second-order valence-electron chi connectivity index (χ2n) is 4.57. The molecule has 1 unspecified atom stereocenters. The van der Waals surface area contributed by atoms with E-state index in [0.29, 0.717) is 23.7 Å². The molecule has 0 aliphatic carbocycles. The van der Waals surface area contributed by atoms with Crippen molar-refractivity contribution < 1.29 is 18.1 Å². The fraction of sp³-hybridized carbons (Fsp3) is 0.286. The Balaban J connectivity index is 2.49. The molecule has 3 N–H and O–H groups in total. The minimum absolute atomic E-state index is 0.116. The van der Waals surface area contributed by atoms with Gasteiger partial charge in [-0.25, -0.2) is 0 Å². The third kappa shape index (κ3) is 3.09. The zero-order chi connectivity index (χ0) is 14.8. The number of nitrogens with one attached hydrogen (secondary N) is 1. The monoisotopic (exact) mass is 295 g/mol. The van der Waals surface area contributed by atoms with E-state index in [1.807, 2.05) is 6.92 Å². The normalized spacial score (nSPS) is 13.3. The van der Waals surface area contributed by atoms with Crippen molar-refractivity contribution in [1.82, 2.24) is 0 Å². The van der Waals surface area contributed by atoms with Gasteiger partial charge in [-0.1, -0.05) is 31.2 Å². The van der Waals surface area contributed by atoms with Crippen molar-refractivity contribution >= 4 is 26.6 Å². The number of benzene rings is 2. The van der Waals surface area contributed by atoms with Gasteiger partial charge in [0.2, 0.25) is 0 Å². The molecule has 0 aromatic heterocycles. The molecule has 1 atom stereocenters. The minimum atomic E-state index is -4.26. The van der Waals surface area contributed by atoms with Crippen molar-refractivity contribution in [3.8, 4) is 0 Å². The zero-order valence-electron chi connectivity index (χ0n) is 11.1. The van der Waals surface area contributed by atoms with E-state index in [-0.39, 0.29) is 4.90 Å².